The number of halogens is 2. The number of aromatic carboxylic acids is 1. The first-order valence-corrected chi connectivity index (χ1v) is 11.6. The maximum Gasteiger partial charge on any atom is 0.337 e. The zero-order valence-electron chi connectivity index (χ0n) is 19.4. The van der Waals surface area contributed by atoms with Crippen LogP contribution in [0.15, 0.2) is 36.4 Å². The summed E-state index contributed by atoms with van der Waals surface area (Å²) in [6.45, 7) is 3.81. The molecule has 9 heteroatoms. The lowest BCUT2D eigenvalue weighted by atomic mass is 9.98. The minimum Gasteiger partial charge on any atom is -0.478 e. The number of hydrogen-bond donors (Lipinski definition) is 2. The van der Waals surface area contributed by atoms with E-state index in [1.54, 1.807) is 18.2 Å². The van der Waals surface area contributed by atoms with Gasteiger partial charge in [-0.2, -0.15) is 5.26 Å². The van der Waals surface area contributed by atoms with E-state index in [1.165, 1.54) is 6.07 Å². The molecule has 2 bridgehead atoms. The maximum atomic E-state index is 14.2. The van der Waals surface area contributed by atoms with Crippen LogP contribution in [-0.2, 0) is 0 Å². The number of nitriles is 1. The van der Waals surface area contributed by atoms with Gasteiger partial charge in [0.05, 0.1) is 22.6 Å². The van der Waals surface area contributed by atoms with Gasteiger partial charge in [0, 0.05) is 36.2 Å². The number of nitrogens with zero attached hydrogens (tertiary/aromatic N) is 4. The van der Waals surface area contributed by atoms with Gasteiger partial charge < -0.3 is 15.3 Å². The summed E-state index contributed by atoms with van der Waals surface area (Å²) in [4.78, 5) is 23.0. The summed E-state index contributed by atoms with van der Waals surface area (Å²) in [6.07, 6.45) is 0.766. The number of piperidine rings is 1. The van der Waals surface area contributed by atoms with E-state index in [-0.39, 0.29) is 42.2 Å². The predicted molar refractivity (Wildman–Crippen MR) is 128 cm³/mol. The van der Waals surface area contributed by atoms with Crippen LogP contribution in [0.1, 0.15) is 65.8 Å². The second kappa shape index (κ2) is 8.45. The van der Waals surface area contributed by atoms with Crippen LogP contribution in [0.5, 0.6) is 0 Å². The fourth-order valence-electron chi connectivity index (χ4n) is 5.50. The Labute approximate surface area is 201 Å². The van der Waals surface area contributed by atoms with Crippen molar-refractivity contribution in [1.82, 2.24) is 9.97 Å². The largest absolute Gasteiger partial charge is 0.478 e. The van der Waals surface area contributed by atoms with Crippen molar-refractivity contribution < 1.29 is 18.7 Å². The van der Waals surface area contributed by atoms with E-state index in [0.717, 1.165) is 11.1 Å². The lowest BCUT2D eigenvalue weighted by molar-refractivity contribution is -0.0359. The van der Waals surface area contributed by atoms with E-state index < -0.39 is 11.9 Å². The number of aryl methyl sites for hydroxylation is 1. The summed E-state index contributed by atoms with van der Waals surface area (Å²) in [5.41, 5.74) is 3.56. The Hall–Kier alpha value is -3.80. The molecule has 0 amide bonds. The van der Waals surface area contributed by atoms with E-state index in [9.17, 15) is 23.9 Å². The zero-order valence-corrected chi connectivity index (χ0v) is 19.4. The number of carboxylic acid groups (broad SMARTS) is 1. The Kier molecular flexibility index (Phi) is 5.55. The van der Waals surface area contributed by atoms with Crippen molar-refractivity contribution >= 4 is 28.5 Å². The molecule has 2 aliphatic rings. The van der Waals surface area contributed by atoms with Gasteiger partial charge in [-0.25, -0.2) is 23.5 Å². The van der Waals surface area contributed by atoms with E-state index in [0.29, 0.717) is 35.4 Å². The first kappa shape index (κ1) is 23.0. The Morgan fingerprint density at radius 1 is 1.23 bits per heavy atom. The molecule has 2 aromatic carbocycles. The number of benzene rings is 2. The summed E-state index contributed by atoms with van der Waals surface area (Å²) < 4.78 is 28.4. The molecule has 0 saturated carbocycles. The monoisotopic (exact) mass is 477 g/mol. The summed E-state index contributed by atoms with van der Waals surface area (Å²) in [6, 6.07) is 11.5. The lowest BCUT2D eigenvalue weighted by Gasteiger charge is -2.39. The zero-order chi connectivity index (χ0) is 24.9. The Morgan fingerprint density at radius 3 is 2.57 bits per heavy atom. The van der Waals surface area contributed by atoms with Gasteiger partial charge in [-0.15, -0.1) is 0 Å². The summed E-state index contributed by atoms with van der Waals surface area (Å²) in [5.74, 6) is -3.39. The van der Waals surface area contributed by atoms with Crippen molar-refractivity contribution in [3.63, 3.8) is 0 Å². The molecule has 0 aliphatic carbocycles. The third kappa shape index (κ3) is 4.14. The number of hydrogen-bond acceptors (Lipinski definition) is 6. The molecule has 180 valence electrons. The van der Waals surface area contributed by atoms with Crippen molar-refractivity contribution in [2.24, 2.45) is 0 Å². The van der Waals surface area contributed by atoms with Crippen LogP contribution in [0.2, 0.25) is 0 Å². The molecule has 3 aromatic rings. The molecule has 2 fully saturated rings. The molecule has 0 spiro atoms. The molecule has 7 nitrogen and oxygen atoms in total. The standard InChI is InChI=1S/C26H25F2N5O2/c1-14-9-19(15(2)30-20-6-4-3-5-18(20)25(34)35)23-21(10-14)31-22(13-29)24(32-23)33-16-7-8-17(33)12-26(27,28)11-16/h3-6,9-10,15-17,30H,7-8,11-12H2,1-2H3,(H,34,35)/t15-,16?,17?/m1/s1. The van der Waals surface area contributed by atoms with Crippen LogP contribution in [-0.4, -0.2) is 39.1 Å². The van der Waals surface area contributed by atoms with Crippen LogP contribution < -0.4 is 10.2 Å². The normalized spacial score (nSPS) is 21.5. The third-order valence-electron chi connectivity index (χ3n) is 6.96. The number of alkyl halides is 2. The van der Waals surface area contributed by atoms with Crippen molar-refractivity contribution in [3.8, 4) is 6.07 Å². The number of anilines is 2. The van der Waals surface area contributed by atoms with Gasteiger partial charge >= 0.3 is 5.97 Å². The molecule has 5 rings (SSSR count). The van der Waals surface area contributed by atoms with Crippen LogP contribution in [0.25, 0.3) is 11.0 Å². The van der Waals surface area contributed by atoms with Gasteiger partial charge in [0.25, 0.3) is 5.92 Å². The average molecular weight is 478 g/mol. The molecule has 3 atom stereocenters. The third-order valence-corrected chi connectivity index (χ3v) is 6.96. The van der Waals surface area contributed by atoms with Crippen molar-refractivity contribution in [3.05, 3.63) is 58.8 Å². The van der Waals surface area contributed by atoms with Gasteiger partial charge in [0.1, 0.15) is 6.07 Å². The van der Waals surface area contributed by atoms with Gasteiger partial charge in [-0.05, 0) is 50.5 Å². The molecule has 2 saturated heterocycles. The molecule has 3 heterocycles. The lowest BCUT2D eigenvalue weighted by Crippen LogP contribution is -2.48. The predicted octanol–water partition coefficient (Wildman–Crippen LogP) is 5.45. The van der Waals surface area contributed by atoms with Crippen LogP contribution in [0, 0.1) is 18.3 Å². The first-order chi connectivity index (χ1) is 16.7. The minimum absolute atomic E-state index is 0.132. The van der Waals surface area contributed by atoms with Crippen molar-refractivity contribution in [2.45, 2.75) is 63.6 Å². The highest BCUT2D eigenvalue weighted by Gasteiger charge is 2.50. The molecule has 1 aromatic heterocycles. The topological polar surface area (TPSA) is 102 Å². The number of aromatic nitrogens is 2. The number of para-hydroxylation sites is 1. The van der Waals surface area contributed by atoms with Gasteiger partial charge in [0.15, 0.2) is 11.5 Å². The Morgan fingerprint density at radius 2 is 1.91 bits per heavy atom. The number of carbonyl (C=O) groups is 1. The van der Waals surface area contributed by atoms with E-state index in [4.69, 9.17) is 4.98 Å². The first-order valence-electron chi connectivity index (χ1n) is 11.6. The number of rotatable bonds is 5. The molecule has 2 aliphatic heterocycles. The van der Waals surface area contributed by atoms with Gasteiger partial charge in [0.2, 0.25) is 0 Å². The van der Waals surface area contributed by atoms with E-state index >= 15 is 0 Å². The summed E-state index contributed by atoms with van der Waals surface area (Å²) in [7, 11) is 0. The van der Waals surface area contributed by atoms with Crippen molar-refractivity contribution in [1.29, 1.82) is 5.26 Å². The fraction of sp³-hybridized carbons (Fsp3) is 0.385. The average Bonchev–Trinajstić information content (AvgIpc) is 3.09. The SMILES string of the molecule is Cc1cc([C@@H](C)Nc2ccccc2C(=O)O)c2nc(N3C4CCC3CC(F)(F)C4)c(C#N)nc2c1. The maximum absolute atomic E-state index is 14.2. The van der Waals surface area contributed by atoms with Crippen LogP contribution in [0.3, 0.4) is 0 Å². The highest BCUT2D eigenvalue weighted by molar-refractivity contribution is 5.94. The van der Waals surface area contributed by atoms with E-state index in [2.05, 4.69) is 16.4 Å². The molecule has 2 unspecified atom stereocenters. The molecular weight excluding hydrogens is 452 g/mol. The number of fused-ring (bicyclic) bond motifs is 3. The molecule has 0 radical (unpaired) electrons. The van der Waals surface area contributed by atoms with E-state index in [1.807, 2.05) is 30.9 Å². The summed E-state index contributed by atoms with van der Waals surface area (Å²) >= 11 is 0. The Bertz CT molecular complexity index is 1350. The molecule has 2 N–H and O–H groups in total. The Balaban J connectivity index is 1.60. The number of nitrogens with one attached hydrogen (secondary N) is 1. The minimum atomic E-state index is -2.71. The van der Waals surface area contributed by atoms with Crippen LogP contribution >= 0.6 is 0 Å². The fourth-order valence-corrected chi connectivity index (χ4v) is 5.50. The van der Waals surface area contributed by atoms with Gasteiger partial charge in [-0.3, -0.25) is 0 Å². The second-order valence-corrected chi connectivity index (χ2v) is 9.50. The molecular formula is C26H25F2N5O2. The molecule has 35 heavy (non-hydrogen) atoms. The van der Waals surface area contributed by atoms with Crippen molar-refractivity contribution in [2.75, 3.05) is 10.2 Å². The summed E-state index contributed by atoms with van der Waals surface area (Å²) in [5, 5.41) is 22.6. The number of carboxylic acids is 1. The quantitative estimate of drug-likeness (QED) is 0.504. The second-order valence-electron chi connectivity index (χ2n) is 9.50. The van der Waals surface area contributed by atoms with Gasteiger partial charge in [-0.1, -0.05) is 18.2 Å². The van der Waals surface area contributed by atoms with Crippen LogP contribution in [0.4, 0.5) is 20.3 Å². The highest BCUT2D eigenvalue weighted by Crippen LogP contribution is 2.46. The highest BCUT2D eigenvalue weighted by atomic mass is 19.3. The smallest absolute Gasteiger partial charge is 0.337 e.